The van der Waals surface area contributed by atoms with E-state index in [0.717, 1.165) is 14.9 Å². The van der Waals surface area contributed by atoms with Crippen LogP contribution < -0.4 is 10.2 Å². The molecule has 1 saturated heterocycles. The molecule has 1 aliphatic heterocycles. The number of amides is 4. The fraction of sp³-hybridized carbons (Fsp3) is 0.158. The maximum absolute atomic E-state index is 12.8. The number of barbiturate groups is 1. The van der Waals surface area contributed by atoms with Crippen molar-refractivity contribution in [2.75, 3.05) is 4.90 Å². The average molecular weight is 414 g/mol. The van der Waals surface area contributed by atoms with Gasteiger partial charge >= 0.3 is 6.03 Å². The topological polar surface area (TPSA) is 78.8 Å². The van der Waals surface area contributed by atoms with Gasteiger partial charge < -0.3 is 0 Å². The van der Waals surface area contributed by atoms with E-state index in [1.807, 2.05) is 30.3 Å². The van der Waals surface area contributed by atoms with Crippen molar-refractivity contribution in [2.45, 2.75) is 13.5 Å². The summed E-state index contributed by atoms with van der Waals surface area (Å²) in [5.74, 6) is -2.38. The molecule has 1 unspecified atom stereocenters. The third kappa shape index (κ3) is 3.72. The molecule has 7 heteroatoms. The molecular weight excluding hydrogens is 398 g/mol. The van der Waals surface area contributed by atoms with Crippen LogP contribution in [0.15, 0.2) is 64.1 Å². The van der Waals surface area contributed by atoms with Crippen LogP contribution in [0.3, 0.4) is 0 Å². The van der Waals surface area contributed by atoms with Crippen molar-refractivity contribution < 1.29 is 14.4 Å². The highest BCUT2D eigenvalue weighted by molar-refractivity contribution is 9.10. The van der Waals surface area contributed by atoms with Crippen LogP contribution in [0.5, 0.6) is 0 Å². The van der Waals surface area contributed by atoms with Gasteiger partial charge in [0.2, 0.25) is 5.91 Å². The highest BCUT2D eigenvalue weighted by atomic mass is 79.9. The number of imide groups is 2. The Kier molecular flexibility index (Phi) is 5.27. The lowest BCUT2D eigenvalue weighted by Crippen LogP contribution is -2.60. The number of rotatable bonds is 4. The van der Waals surface area contributed by atoms with Crippen molar-refractivity contribution in [2.24, 2.45) is 10.9 Å². The minimum atomic E-state index is -1.12. The van der Waals surface area contributed by atoms with Crippen LogP contribution in [-0.2, 0) is 16.1 Å². The summed E-state index contributed by atoms with van der Waals surface area (Å²) in [6.07, 6.45) is 0. The smallest absolute Gasteiger partial charge is 0.288 e. The second-order valence-corrected chi connectivity index (χ2v) is 6.74. The number of hydrogen-bond acceptors (Lipinski definition) is 4. The molecule has 132 valence electrons. The van der Waals surface area contributed by atoms with E-state index < -0.39 is 23.8 Å². The van der Waals surface area contributed by atoms with Gasteiger partial charge in [-0.2, -0.15) is 0 Å². The van der Waals surface area contributed by atoms with E-state index in [9.17, 15) is 14.4 Å². The predicted octanol–water partition coefficient (Wildman–Crippen LogP) is 3.31. The second-order valence-electron chi connectivity index (χ2n) is 5.82. The Morgan fingerprint density at radius 2 is 1.73 bits per heavy atom. The number of halogens is 1. The van der Waals surface area contributed by atoms with Crippen molar-refractivity contribution in [3.63, 3.8) is 0 Å². The summed E-state index contributed by atoms with van der Waals surface area (Å²) in [5, 5.41) is 2.24. The van der Waals surface area contributed by atoms with Crippen LogP contribution in [0.1, 0.15) is 12.5 Å². The Morgan fingerprint density at radius 1 is 1.08 bits per heavy atom. The lowest BCUT2D eigenvalue weighted by Gasteiger charge is -2.30. The summed E-state index contributed by atoms with van der Waals surface area (Å²) < 4.78 is 0.819. The molecule has 0 radical (unpaired) electrons. The maximum Gasteiger partial charge on any atom is 0.335 e. The van der Waals surface area contributed by atoms with E-state index in [4.69, 9.17) is 0 Å². The first-order valence-corrected chi connectivity index (χ1v) is 8.76. The molecule has 0 aromatic heterocycles. The fourth-order valence-electron chi connectivity index (χ4n) is 2.67. The highest BCUT2D eigenvalue weighted by Gasteiger charge is 2.42. The van der Waals surface area contributed by atoms with E-state index >= 15 is 0 Å². The zero-order valence-electron chi connectivity index (χ0n) is 14.0. The molecule has 0 saturated carbocycles. The van der Waals surface area contributed by atoms with Crippen LogP contribution >= 0.6 is 15.9 Å². The zero-order valence-corrected chi connectivity index (χ0v) is 15.6. The van der Waals surface area contributed by atoms with Crippen molar-refractivity contribution >= 4 is 45.2 Å². The van der Waals surface area contributed by atoms with Crippen molar-refractivity contribution in [3.05, 3.63) is 64.6 Å². The third-order valence-electron chi connectivity index (χ3n) is 4.02. The number of carbonyl (C=O) groups excluding carboxylic acids is 3. The van der Waals surface area contributed by atoms with Crippen molar-refractivity contribution in [1.82, 2.24) is 5.32 Å². The van der Waals surface area contributed by atoms with Crippen molar-refractivity contribution in [1.29, 1.82) is 0 Å². The van der Waals surface area contributed by atoms with Crippen LogP contribution in [-0.4, -0.2) is 23.6 Å². The predicted molar refractivity (Wildman–Crippen MR) is 102 cm³/mol. The Hall–Kier alpha value is -2.80. The fourth-order valence-corrected chi connectivity index (χ4v) is 2.93. The Morgan fingerprint density at radius 3 is 2.38 bits per heavy atom. The molecule has 1 fully saturated rings. The summed E-state index contributed by atoms with van der Waals surface area (Å²) in [6, 6.07) is 15.5. The summed E-state index contributed by atoms with van der Waals surface area (Å²) in [4.78, 5) is 42.6. The van der Waals surface area contributed by atoms with Gasteiger partial charge in [0.25, 0.3) is 5.91 Å². The Bertz CT molecular complexity index is 879. The van der Waals surface area contributed by atoms with Gasteiger partial charge in [0, 0.05) is 10.2 Å². The molecule has 1 N–H and O–H groups in total. The molecule has 3 rings (SSSR count). The molecule has 1 atom stereocenters. The van der Waals surface area contributed by atoms with Gasteiger partial charge in [0.05, 0.1) is 12.2 Å². The standard InChI is InChI=1S/C19H16BrN3O3/c1-12(21-11-13-5-3-2-4-6-13)16-17(24)22-19(26)23(18(16)25)15-9-7-14(20)8-10-15/h2-10,16H,11H2,1H3,(H,22,24,26). The van der Waals surface area contributed by atoms with Gasteiger partial charge in [-0.15, -0.1) is 0 Å². The van der Waals surface area contributed by atoms with Gasteiger partial charge in [-0.3, -0.25) is 19.9 Å². The van der Waals surface area contributed by atoms with Gasteiger partial charge in [0.15, 0.2) is 5.92 Å². The van der Waals surface area contributed by atoms with Gasteiger partial charge in [-0.1, -0.05) is 46.3 Å². The summed E-state index contributed by atoms with van der Waals surface area (Å²) in [6.45, 7) is 1.98. The second kappa shape index (κ2) is 7.61. The minimum Gasteiger partial charge on any atom is -0.288 e. The maximum atomic E-state index is 12.8. The number of aliphatic imine (C=N–C) groups is 1. The number of nitrogens with zero attached hydrogens (tertiary/aromatic N) is 2. The molecule has 4 amide bonds. The monoisotopic (exact) mass is 413 g/mol. The summed E-state index contributed by atoms with van der Waals surface area (Å²) in [7, 11) is 0. The first-order chi connectivity index (χ1) is 12.5. The Labute approximate surface area is 159 Å². The molecule has 0 spiro atoms. The number of carbonyl (C=O) groups is 3. The quantitative estimate of drug-likeness (QED) is 0.616. The van der Waals surface area contributed by atoms with Crippen molar-refractivity contribution in [3.8, 4) is 0 Å². The number of urea groups is 1. The number of benzene rings is 2. The summed E-state index contributed by atoms with van der Waals surface area (Å²) in [5.41, 5.74) is 1.73. The molecule has 2 aromatic carbocycles. The highest BCUT2D eigenvalue weighted by Crippen LogP contribution is 2.23. The lowest BCUT2D eigenvalue weighted by molar-refractivity contribution is -0.131. The average Bonchev–Trinajstić information content (AvgIpc) is 2.62. The normalized spacial score (nSPS) is 18.1. The van der Waals surface area contributed by atoms with E-state index in [-0.39, 0.29) is 0 Å². The molecule has 2 aromatic rings. The summed E-state index contributed by atoms with van der Waals surface area (Å²) >= 11 is 3.31. The first-order valence-electron chi connectivity index (χ1n) is 7.96. The number of anilines is 1. The molecular formula is C19H16BrN3O3. The van der Waals surface area contributed by atoms with E-state index in [1.54, 1.807) is 31.2 Å². The van der Waals surface area contributed by atoms with Crippen LogP contribution in [0.4, 0.5) is 10.5 Å². The number of hydrogen-bond donors (Lipinski definition) is 1. The van der Waals surface area contributed by atoms with E-state index in [1.165, 1.54) is 0 Å². The molecule has 26 heavy (non-hydrogen) atoms. The largest absolute Gasteiger partial charge is 0.335 e. The molecule has 1 aliphatic rings. The van der Waals surface area contributed by atoms with Gasteiger partial charge in [-0.25, -0.2) is 9.69 Å². The zero-order chi connectivity index (χ0) is 18.7. The Balaban J connectivity index is 1.86. The SMILES string of the molecule is CC(=NCc1ccccc1)C1C(=O)NC(=O)N(c2ccc(Br)cc2)C1=O. The lowest BCUT2D eigenvalue weighted by atomic mass is 9.99. The van der Waals surface area contributed by atoms with Crippen LogP contribution in [0, 0.1) is 5.92 Å². The molecule has 6 nitrogen and oxygen atoms in total. The molecule has 0 bridgehead atoms. The third-order valence-corrected chi connectivity index (χ3v) is 4.55. The first kappa shape index (κ1) is 18.0. The van der Waals surface area contributed by atoms with E-state index in [0.29, 0.717) is 17.9 Å². The molecule has 1 heterocycles. The number of nitrogens with one attached hydrogen (secondary N) is 1. The van der Waals surface area contributed by atoms with Gasteiger partial charge in [0.1, 0.15) is 0 Å². The molecule has 0 aliphatic carbocycles. The van der Waals surface area contributed by atoms with Crippen LogP contribution in [0.2, 0.25) is 0 Å². The minimum absolute atomic E-state index is 0.357. The van der Waals surface area contributed by atoms with E-state index in [2.05, 4.69) is 26.2 Å². The van der Waals surface area contributed by atoms with Crippen LogP contribution in [0.25, 0.3) is 0 Å². The van der Waals surface area contributed by atoms with Gasteiger partial charge in [-0.05, 0) is 36.8 Å².